The highest BCUT2D eigenvalue weighted by Gasteiger charge is 2.20. The number of nitrogens with zero attached hydrogens (tertiary/aromatic N) is 1. The first-order valence-corrected chi connectivity index (χ1v) is 7.86. The van der Waals surface area contributed by atoms with E-state index in [1.165, 1.54) is 12.1 Å². The van der Waals surface area contributed by atoms with Gasteiger partial charge in [0, 0.05) is 29.9 Å². The first-order chi connectivity index (χ1) is 9.94. The van der Waals surface area contributed by atoms with Crippen molar-refractivity contribution in [2.24, 2.45) is 0 Å². The Hall–Kier alpha value is -1.77. The van der Waals surface area contributed by atoms with Gasteiger partial charge in [-0.05, 0) is 32.2 Å². The quantitative estimate of drug-likeness (QED) is 0.750. The number of hydrogen-bond acceptors (Lipinski definition) is 4. The predicted octanol–water partition coefficient (Wildman–Crippen LogP) is 1.31. The average Bonchev–Trinajstić information content (AvgIpc) is 2.95. The van der Waals surface area contributed by atoms with Crippen LogP contribution in [0.25, 0.3) is 0 Å². The number of aromatic nitrogens is 2. The molecule has 0 aliphatic carbocycles. The Morgan fingerprint density at radius 3 is 2.81 bits per heavy atom. The third-order valence-corrected chi connectivity index (χ3v) is 4.58. The topological polar surface area (TPSA) is 86.9 Å². The molecular weight excluding hydrogens is 295 g/mol. The minimum absolute atomic E-state index is 0.0319. The molecule has 8 heteroatoms. The van der Waals surface area contributed by atoms with Gasteiger partial charge in [-0.15, -0.1) is 0 Å². The lowest BCUT2D eigenvalue weighted by molar-refractivity contribution is 0.565. The molecule has 6 nitrogen and oxygen atoms in total. The highest BCUT2D eigenvalue weighted by atomic mass is 32.2. The highest BCUT2D eigenvalue weighted by Crippen LogP contribution is 2.18. The molecule has 1 atom stereocenters. The van der Waals surface area contributed by atoms with Gasteiger partial charge in [-0.3, -0.25) is 5.10 Å². The van der Waals surface area contributed by atoms with Crippen molar-refractivity contribution in [2.45, 2.75) is 24.4 Å². The maximum absolute atomic E-state index is 13.6. The predicted molar refractivity (Wildman–Crippen MR) is 76.5 cm³/mol. The Morgan fingerprint density at radius 2 is 2.19 bits per heavy atom. The second-order valence-electron chi connectivity index (χ2n) is 4.66. The van der Waals surface area contributed by atoms with Gasteiger partial charge < -0.3 is 5.32 Å². The van der Waals surface area contributed by atoms with Crippen LogP contribution in [0.1, 0.15) is 24.1 Å². The highest BCUT2D eigenvalue weighted by molar-refractivity contribution is 7.89. The number of hydrogen-bond donors (Lipinski definition) is 3. The first-order valence-electron chi connectivity index (χ1n) is 6.38. The second-order valence-corrected chi connectivity index (χ2v) is 6.37. The lowest BCUT2D eigenvalue weighted by Crippen LogP contribution is -2.27. The maximum atomic E-state index is 13.6. The second kappa shape index (κ2) is 6.33. The third-order valence-electron chi connectivity index (χ3n) is 3.05. The Bertz CT molecular complexity index is 701. The Balaban J connectivity index is 2.25. The summed E-state index contributed by atoms with van der Waals surface area (Å²) in [6.45, 7) is 1.97. The SMILES string of the molecule is CNCc1cc(S(=O)(=O)NC(C)c2cn[nH]c2)ccc1F. The summed E-state index contributed by atoms with van der Waals surface area (Å²) >= 11 is 0. The number of H-pyrrole nitrogens is 1. The molecule has 3 N–H and O–H groups in total. The van der Waals surface area contributed by atoms with Crippen molar-refractivity contribution in [3.8, 4) is 0 Å². The van der Waals surface area contributed by atoms with Crippen molar-refractivity contribution in [3.63, 3.8) is 0 Å². The fourth-order valence-corrected chi connectivity index (χ4v) is 3.19. The molecule has 2 rings (SSSR count). The van der Waals surface area contributed by atoms with Crippen LogP contribution in [0.3, 0.4) is 0 Å². The van der Waals surface area contributed by atoms with Crippen LogP contribution in [0.5, 0.6) is 0 Å². The van der Waals surface area contributed by atoms with Crippen LogP contribution >= 0.6 is 0 Å². The van der Waals surface area contributed by atoms with E-state index < -0.39 is 21.9 Å². The van der Waals surface area contributed by atoms with Crippen molar-refractivity contribution in [2.75, 3.05) is 7.05 Å². The number of rotatable bonds is 6. The molecule has 0 amide bonds. The smallest absolute Gasteiger partial charge is 0.241 e. The van der Waals surface area contributed by atoms with E-state index in [0.717, 1.165) is 11.6 Å². The molecule has 0 aliphatic rings. The molecule has 0 bridgehead atoms. The van der Waals surface area contributed by atoms with E-state index in [2.05, 4.69) is 20.2 Å². The van der Waals surface area contributed by atoms with Crippen molar-refractivity contribution in [3.05, 3.63) is 47.5 Å². The zero-order chi connectivity index (χ0) is 15.5. The zero-order valence-corrected chi connectivity index (χ0v) is 12.5. The van der Waals surface area contributed by atoms with Gasteiger partial charge in [-0.1, -0.05) is 0 Å². The molecule has 2 aromatic rings. The van der Waals surface area contributed by atoms with Crippen LogP contribution in [-0.4, -0.2) is 25.7 Å². The van der Waals surface area contributed by atoms with E-state index in [-0.39, 0.29) is 11.4 Å². The van der Waals surface area contributed by atoms with Gasteiger partial charge in [0.2, 0.25) is 10.0 Å². The van der Waals surface area contributed by atoms with Crippen LogP contribution in [0, 0.1) is 5.82 Å². The van der Waals surface area contributed by atoms with E-state index >= 15 is 0 Å². The summed E-state index contributed by atoms with van der Waals surface area (Å²) in [6, 6.07) is 3.30. The van der Waals surface area contributed by atoms with Crippen LogP contribution < -0.4 is 10.0 Å². The molecule has 114 valence electrons. The molecule has 1 heterocycles. The number of halogens is 1. The molecule has 21 heavy (non-hydrogen) atoms. The molecule has 1 aromatic heterocycles. The number of aromatic amines is 1. The van der Waals surface area contributed by atoms with Crippen LogP contribution in [0.4, 0.5) is 4.39 Å². The Morgan fingerprint density at radius 1 is 1.43 bits per heavy atom. The standard InChI is InChI=1S/C13H17FN4O2S/c1-9(11-7-16-17-8-11)18-21(19,20)12-3-4-13(14)10(5-12)6-15-2/h3-5,7-9,15,18H,6H2,1-2H3,(H,16,17). The van der Waals surface area contributed by atoms with Crippen molar-refractivity contribution in [1.82, 2.24) is 20.2 Å². The molecule has 1 unspecified atom stereocenters. The van der Waals surface area contributed by atoms with E-state index in [1.54, 1.807) is 26.4 Å². The monoisotopic (exact) mass is 312 g/mol. The normalized spacial score (nSPS) is 13.3. The third kappa shape index (κ3) is 3.66. The number of nitrogens with one attached hydrogen (secondary N) is 3. The van der Waals surface area contributed by atoms with Gasteiger partial charge in [0.05, 0.1) is 11.1 Å². The fourth-order valence-electron chi connectivity index (χ4n) is 1.91. The van der Waals surface area contributed by atoms with Gasteiger partial charge in [0.1, 0.15) is 5.82 Å². The van der Waals surface area contributed by atoms with Crippen LogP contribution in [0.15, 0.2) is 35.5 Å². The Kier molecular flexibility index (Phi) is 4.71. The minimum Gasteiger partial charge on any atom is -0.316 e. The molecular formula is C13H17FN4O2S. The Labute approximate surface area is 122 Å². The summed E-state index contributed by atoms with van der Waals surface area (Å²) in [5.41, 5.74) is 1.02. The molecule has 0 aliphatic heterocycles. The molecule has 1 aromatic carbocycles. The molecule has 0 saturated heterocycles. The molecule has 0 fully saturated rings. The van der Waals surface area contributed by atoms with Crippen molar-refractivity contribution < 1.29 is 12.8 Å². The largest absolute Gasteiger partial charge is 0.316 e. The first kappa shape index (κ1) is 15.6. The lowest BCUT2D eigenvalue weighted by Gasteiger charge is -2.13. The lowest BCUT2D eigenvalue weighted by atomic mass is 10.2. The molecule has 0 spiro atoms. The van der Waals surface area contributed by atoms with E-state index in [0.29, 0.717) is 5.56 Å². The van der Waals surface area contributed by atoms with Crippen LogP contribution in [-0.2, 0) is 16.6 Å². The van der Waals surface area contributed by atoms with Crippen molar-refractivity contribution >= 4 is 10.0 Å². The zero-order valence-electron chi connectivity index (χ0n) is 11.7. The maximum Gasteiger partial charge on any atom is 0.241 e. The van der Waals surface area contributed by atoms with E-state index in [4.69, 9.17) is 0 Å². The van der Waals surface area contributed by atoms with Gasteiger partial charge in [-0.2, -0.15) is 5.10 Å². The summed E-state index contributed by atoms with van der Waals surface area (Å²) in [5.74, 6) is -0.439. The molecule has 0 radical (unpaired) electrons. The van der Waals surface area contributed by atoms with Gasteiger partial charge >= 0.3 is 0 Å². The molecule has 0 saturated carbocycles. The minimum atomic E-state index is -3.73. The summed E-state index contributed by atoms with van der Waals surface area (Å²) < 4.78 is 40.7. The van der Waals surface area contributed by atoms with Gasteiger partial charge in [0.25, 0.3) is 0 Å². The van der Waals surface area contributed by atoms with Crippen LogP contribution in [0.2, 0.25) is 0 Å². The van der Waals surface area contributed by atoms with E-state index in [1.807, 2.05) is 0 Å². The van der Waals surface area contributed by atoms with Crippen molar-refractivity contribution in [1.29, 1.82) is 0 Å². The number of benzene rings is 1. The van der Waals surface area contributed by atoms with Gasteiger partial charge in [0.15, 0.2) is 0 Å². The summed E-state index contributed by atoms with van der Waals surface area (Å²) in [7, 11) is -2.06. The van der Waals surface area contributed by atoms with E-state index in [9.17, 15) is 12.8 Å². The number of sulfonamides is 1. The summed E-state index contributed by atoms with van der Waals surface area (Å²) in [6.07, 6.45) is 3.16. The average molecular weight is 312 g/mol. The van der Waals surface area contributed by atoms with Gasteiger partial charge in [-0.25, -0.2) is 17.5 Å². The summed E-state index contributed by atoms with van der Waals surface area (Å²) in [4.78, 5) is 0.0319. The fraction of sp³-hybridized carbons (Fsp3) is 0.308. The summed E-state index contributed by atoms with van der Waals surface area (Å²) in [5, 5.41) is 9.20.